The van der Waals surface area contributed by atoms with Gasteiger partial charge in [-0.3, -0.25) is 0 Å². The van der Waals surface area contributed by atoms with Crippen LogP contribution < -0.4 is 5.32 Å². The molecule has 1 aliphatic heterocycles. The van der Waals surface area contributed by atoms with Crippen molar-refractivity contribution in [1.82, 2.24) is 5.32 Å². The number of nitrogens with one attached hydrogen (secondary N) is 1. The van der Waals surface area contributed by atoms with E-state index in [-0.39, 0.29) is 6.17 Å². The lowest BCUT2D eigenvalue weighted by Crippen LogP contribution is -2.33. The summed E-state index contributed by atoms with van der Waals surface area (Å²) in [6, 6.07) is 61.6. The molecule has 1 aromatic heterocycles. The normalized spacial score (nSPS) is 14.5. The van der Waals surface area contributed by atoms with Gasteiger partial charge in [0.05, 0.1) is 0 Å². The van der Waals surface area contributed by atoms with E-state index in [2.05, 4.69) is 157 Å². The number of aliphatic imine (C=N–C) groups is 2. The Balaban J connectivity index is 1.09. The van der Waals surface area contributed by atoms with Crippen molar-refractivity contribution in [1.29, 1.82) is 0 Å². The third-order valence-corrected chi connectivity index (χ3v) is 9.94. The van der Waals surface area contributed by atoms with Crippen LogP contribution in [0.15, 0.2) is 190 Å². The average Bonchev–Trinajstić information content (AvgIpc) is 3.59. The van der Waals surface area contributed by atoms with Crippen LogP contribution in [-0.4, -0.2) is 11.7 Å². The predicted molar refractivity (Wildman–Crippen MR) is 211 cm³/mol. The van der Waals surface area contributed by atoms with Crippen LogP contribution in [0.25, 0.3) is 65.7 Å². The molecule has 0 saturated heterocycles. The molecular formula is C47H31N3O. The van der Waals surface area contributed by atoms with Gasteiger partial charge in [0.2, 0.25) is 0 Å². The molecule has 2 heterocycles. The summed E-state index contributed by atoms with van der Waals surface area (Å²) in [6.07, 6.45) is -0.309. The van der Waals surface area contributed by atoms with Gasteiger partial charge in [0.1, 0.15) is 23.2 Å². The minimum atomic E-state index is -0.309. The fourth-order valence-electron chi connectivity index (χ4n) is 7.44. The quantitative estimate of drug-likeness (QED) is 0.188. The van der Waals surface area contributed by atoms with E-state index in [1.807, 2.05) is 24.3 Å². The third kappa shape index (κ3) is 5.08. The molecule has 0 radical (unpaired) electrons. The number of amidine groups is 2. The molecule has 1 unspecified atom stereocenters. The highest BCUT2D eigenvalue weighted by Gasteiger charge is 2.24. The van der Waals surface area contributed by atoms with Crippen molar-refractivity contribution in [3.05, 3.63) is 193 Å². The van der Waals surface area contributed by atoms with Gasteiger partial charge >= 0.3 is 0 Å². The van der Waals surface area contributed by atoms with Crippen molar-refractivity contribution in [2.75, 3.05) is 0 Å². The summed E-state index contributed by atoms with van der Waals surface area (Å²) < 4.78 is 6.46. The zero-order chi connectivity index (χ0) is 33.7. The van der Waals surface area contributed by atoms with Crippen LogP contribution in [0, 0.1) is 0 Å². The lowest BCUT2D eigenvalue weighted by Gasteiger charge is -2.24. The highest BCUT2D eigenvalue weighted by molar-refractivity contribution is 6.22. The fourth-order valence-corrected chi connectivity index (χ4v) is 7.44. The summed E-state index contributed by atoms with van der Waals surface area (Å²) in [5, 5.41) is 10.7. The molecule has 240 valence electrons. The third-order valence-electron chi connectivity index (χ3n) is 9.94. The maximum absolute atomic E-state index is 6.46. The second-order valence-electron chi connectivity index (χ2n) is 13.0. The summed E-state index contributed by atoms with van der Waals surface area (Å²) in [5.41, 5.74) is 9.31. The first-order valence-electron chi connectivity index (χ1n) is 17.3. The Hall–Kier alpha value is -6.78. The van der Waals surface area contributed by atoms with Gasteiger partial charge in [-0.1, -0.05) is 152 Å². The number of hydrogen-bond donors (Lipinski definition) is 1. The predicted octanol–water partition coefficient (Wildman–Crippen LogP) is 11.7. The summed E-state index contributed by atoms with van der Waals surface area (Å²) in [4.78, 5) is 10.4. The fraction of sp³-hybridized carbons (Fsp3) is 0.0213. The average molecular weight is 654 g/mol. The molecule has 51 heavy (non-hydrogen) atoms. The smallest absolute Gasteiger partial charge is 0.160 e. The monoisotopic (exact) mass is 653 g/mol. The van der Waals surface area contributed by atoms with Crippen molar-refractivity contribution >= 4 is 55.2 Å². The highest BCUT2D eigenvalue weighted by atomic mass is 16.3. The molecule has 0 bridgehead atoms. The van der Waals surface area contributed by atoms with Crippen LogP contribution in [0.1, 0.15) is 22.9 Å². The van der Waals surface area contributed by atoms with Crippen LogP contribution in [0.2, 0.25) is 0 Å². The molecule has 1 aliphatic rings. The van der Waals surface area contributed by atoms with Gasteiger partial charge in [0.15, 0.2) is 5.84 Å². The summed E-state index contributed by atoms with van der Waals surface area (Å²) >= 11 is 0. The molecule has 0 aliphatic carbocycles. The largest absolute Gasteiger partial charge is 0.456 e. The van der Waals surface area contributed by atoms with Gasteiger partial charge < -0.3 is 9.73 Å². The minimum absolute atomic E-state index is 0.309. The Bertz CT molecular complexity index is 2820. The molecule has 1 atom stereocenters. The summed E-state index contributed by atoms with van der Waals surface area (Å²) in [6.45, 7) is 0. The van der Waals surface area contributed by atoms with E-state index in [9.17, 15) is 0 Å². The second-order valence-corrected chi connectivity index (χ2v) is 13.0. The Morgan fingerprint density at radius 1 is 0.451 bits per heavy atom. The van der Waals surface area contributed by atoms with Gasteiger partial charge in [-0.2, -0.15) is 0 Å². The van der Waals surface area contributed by atoms with E-state index in [1.165, 1.54) is 27.1 Å². The summed E-state index contributed by atoms with van der Waals surface area (Å²) in [5.74, 6) is 1.45. The van der Waals surface area contributed by atoms with E-state index < -0.39 is 0 Å². The Morgan fingerprint density at radius 3 is 1.96 bits per heavy atom. The Morgan fingerprint density at radius 2 is 1.14 bits per heavy atom. The molecule has 9 aromatic rings. The van der Waals surface area contributed by atoms with Crippen LogP contribution in [-0.2, 0) is 0 Å². The standard InChI is InChI=1S/C47H31N3O/c1-3-12-30(13-4-1)34-26-27-39-43(29-34)51-42-21-11-20-40(44(39)42)47-49-45(32-14-5-2-6-15-32)48-46(50-47)33-24-22-31(23-25-33)41-28-35-16-7-8-17-36(35)37-18-9-10-19-38(37)41/h1-29,45H,(H,48,49,50). The lowest BCUT2D eigenvalue weighted by atomic mass is 9.93. The zero-order valence-corrected chi connectivity index (χ0v) is 27.6. The van der Waals surface area contributed by atoms with Crippen LogP contribution in [0.4, 0.5) is 0 Å². The lowest BCUT2D eigenvalue weighted by molar-refractivity contribution is 0.668. The molecule has 0 saturated carbocycles. The van der Waals surface area contributed by atoms with Crippen molar-refractivity contribution in [3.8, 4) is 22.3 Å². The summed E-state index contributed by atoms with van der Waals surface area (Å²) in [7, 11) is 0. The number of hydrogen-bond acceptors (Lipinski definition) is 4. The first-order valence-corrected chi connectivity index (χ1v) is 17.3. The SMILES string of the molecule is c1ccc(-c2ccc3c(c2)oc2cccc(C4=NC(c5ccccc5)NC(c5ccc(-c6cc7ccccc7c7ccccc67)cc5)=N4)c23)cc1. The van der Waals surface area contributed by atoms with Crippen LogP contribution in [0.5, 0.6) is 0 Å². The molecule has 0 fully saturated rings. The van der Waals surface area contributed by atoms with E-state index >= 15 is 0 Å². The van der Waals surface area contributed by atoms with E-state index in [1.54, 1.807) is 0 Å². The topological polar surface area (TPSA) is 49.9 Å². The Kier molecular flexibility index (Phi) is 6.85. The first kappa shape index (κ1) is 29.2. The highest BCUT2D eigenvalue weighted by Crippen LogP contribution is 2.37. The number of fused-ring (bicyclic) bond motifs is 6. The maximum atomic E-state index is 6.46. The number of rotatable bonds is 5. The minimum Gasteiger partial charge on any atom is -0.456 e. The second kappa shape index (κ2) is 12.0. The first-order chi connectivity index (χ1) is 25.3. The van der Waals surface area contributed by atoms with Gasteiger partial charge in [-0.05, 0) is 73.6 Å². The van der Waals surface area contributed by atoms with E-state index in [0.29, 0.717) is 5.84 Å². The zero-order valence-electron chi connectivity index (χ0n) is 27.6. The molecule has 10 rings (SSSR count). The number of furan rings is 1. The van der Waals surface area contributed by atoms with Crippen molar-refractivity contribution < 1.29 is 4.42 Å². The van der Waals surface area contributed by atoms with Gasteiger partial charge in [-0.15, -0.1) is 0 Å². The maximum Gasteiger partial charge on any atom is 0.160 e. The molecular weight excluding hydrogens is 623 g/mol. The molecule has 0 amide bonds. The number of benzene rings is 8. The molecule has 1 N–H and O–H groups in total. The molecule has 4 heteroatoms. The van der Waals surface area contributed by atoms with Gasteiger partial charge in [-0.25, -0.2) is 9.98 Å². The van der Waals surface area contributed by atoms with Gasteiger partial charge in [0, 0.05) is 21.9 Å². The van der Waals surface area contributed by atoms with Crippen molar-refractivity contribution in [2.24, 2.45) is 9.98 Å². The van der Waals surface area contributed by atoms with Crippen molar-refractivity contribution in [3.63, 3.8) is 0 Å². The van der Waals surface area contributed by atoms with E-state index in [0.717, 1.165) is 61.2 Å². The molecule has 0 spiro atoms. The Labute approximate surface area is 295 Å². The van der Waals surface area contributed by atoms with Crippen molar-refractivity contribution in [2.45, 2.75) is 6.17 Å². The van der Waals surface area contributed by atoms with E-state index in [4.69, 9.17) is 14.4 Å². The number of nitrogens with zero attached hydrogens (tertiary/aromatic N) is 2. The van der Waals surface area contributed by atoms with Crippen LogP contribution >= 0.6 is 0 Å². The van der Waals surface area contributed by atoms with Gasteiger partial charge in [0.25, 0.3) is 0 Å². The molecule has 4 nitrogen and oxygen atoms in total. The van der Waals surface area contributed by atoms with Crippen LogP contribution in [0.3, 0.4) is 0 Å². The molecule has 8 aromatic carbocycles.